The van der Waals surface area contributed by atoms with Crippen LogP contribution in [0, 0.1) is 25.7 Å². The first-order valence-electron chi connectivity index (χ1n) is 24.2. The van der Waals surface area contributed by atoms with Crippen molar-refractivity contribution >= 4 is 36.1 Å². The number of piperidine rings is 2. The summed E-state index contributed by atoms with van der Waals surface area (Å²) in [7, 11) is 3.37. The van der Waals surface area contributed by atoms with Crippen LogP contribution in [0.1, 0.15) is 123 Å². The Hall–Kier alpha value is -6.84. The first-order valence-corrected chi connectivity index (χ1v) is 24.2. The van der Waals surface area contributed by atoms with Crippen LogP contribution in [0.2, 0.25) is 0 Å². The Bertz CT molecular complexity index is 2590. The van der Waals surface area contributed by atoms with E-state index < -0.39 is 0 Å². The van der Waals surface area contributed by atoms with Crippen molar-refractivity contribution in [3.63, 3.8) is 0 Å². The second-order valence-electron chi connectivity index (χ2n) is 18.7. The third-order valence-electron chi connectivity index (χ3n) is 14.2. The van der Waals surface area contributed by atoms with E-state index >= 15 is 0 Å². The van der Waals surface area contributed by atoms with Crippen LogP contribution in [-0.2, 0) is 22.7 Å². The van der Waals surface area contributed by atoms with Gasteiger partial charge in [-0.25, -0.2) is 29.3 Å². The average Bonchev–Trinajstić information content (AvgIpc) is 4.19. The lowest BCUT2D eigenvalue weighted by Crippen LogP contribution is -2.39. The van der Waals surface area contributed by atoms with E-state index in [1.807, 2.05) is 93.7 Å². The zero-order valence-electron chi connectivity index (χ0n) is 40.3. The van der Waals surface area contributed by atoms with Crippen LogP contribution >= 0.6 is 0 Å². The molecular formula is C52H64N12O4. The molecule has 0 aliphatic carbocycles. The second-order valence-corrected chi connectivity index (χ2v) is 18.7. The number of amides is 2. The van der Waals surface area contributed by atoms with Crippen LogP contribution in [0.5, 0.6) is 11.5 Å². The zero-order chi connectivity index (χ0) is 47.3. The van der Waals surface area contributed by atoms with E-state index in [-0.39, 0.29) is 11.8 Å². The van der Waals surface area contributed by atoms with Crippen LogP contribution in [0.15, 0.2) is 61.4 Å². The molecule has 16 nitrogen and oxygen atoms in total. The van der Waals surface area contributed by atoms with Crippen molar-refractivity contribution < 1.29 is 19.1 Å². The van der Waals surface area contributed by atoms with Crippen molar-refractivity contribution in [3.8, 4) is 22.9 Å². The van der Waals surface area contributed by atoms with E-state index in [2.05, 4.69) is 31.5 Å². The van der Waals surface area contributed by atoms with E-state index in [1.54, 1.807) is 40.7 Å². The standard InChI is InChI=1S/2C26H32N6O2/c2*1-18-16-31(17-27-18)23-8-6-20(15-24(23)34-3)7-9-25-28-26-22(5-4-12-32(26)29-25)21-10-13-30(14-11-21)19(2)33/h2*6-9,15-17,21-22H,4-5,10-14H2,1-3H3/b2*9-7+/t2*22-/m10/s1. The van der Waals surface area contributed by atoms with E-state index in [0.29, 0.717) is 23.7 Å². The van der Waals surface area contributed by atoms with Gasteiger partial charge in [-0.3, -0.25) is 9.59 Å². The SMILES string of the molecule is COc1cc(/C=C/c2nc3n(n2)CCC[C@@H]3C2CCN(C(C)=O)CC2)ccc1-n1cnc(C)c1.COc1cc(/C=C/c2nc3n(n2)CCC[C@H]3C2CCN(C(C)=O)CC2)ccc1-n1cnc(C)c1. The summed E-state index contributed by atoms with van der Waals surface area (Å²) in [5.74, 6) is 7.63. The lowest BCUT2D eigenvalue weighted by Gasteiger charge is -2.36. The van der Waals surface area contributed by atoms with Gasteiger partial charge in [-0.2, -0.15) is 10.2 Å². The fourth-order valence-corrected chi connectivity index (χ4v) is 10.5. The number of aromatic nitrogens is 10. The van der Waals surface area contributed by atoms with Crippen molar-refractivity contribution in [3.05, 3.63) is 107 Å². The Kier molecular flexibility index (Phi) is 14.0. The minimum absolute atomic E-state index is 0.183. The number of ether oxygens (including phenoxy) is 2. The number of rotatable bonds is 10. The molecule has 68 heavy (non-hydrogen) atoms. The largest absolute Gasteiger partial charge is 0.495 e. The Morgan fingerprint density at radius 1 is 0.574 bits per heavy atom. The monoisotopic (exact) mass is 921 g/mol. The summed E-state index contributed by atoms with van der Waals surface area (Å²) in [5, 5.41) is 9.55. The van der Waals surface area contributed by atoms with Gasteiger partial charge in [0.25, 0.3) is 0 Å². The number of carbonyl (C=O) groups is 2. The average molecular weight is 921 g/mol. The molecule has 4 aromatic heterocycles. The molecule has 0 N–H and O–H groups in total. The van der Waals surface area contributed by atoms with Crippen molar-refractivity contribution in [2.24, 2.45) is 11.8 Å². The van der Waals surface area contributed by atoms with Gasteiger partial charge in [-0.05, 0) is 125 Å². The van der Waals surface area contributed by atoms with Gasteiger partial charge in [0, 0.05) is 77.3 Å². The van der Waals surface area contributed by atoms with E-state index in [1.165, 1.54) is 0 Å². The minimum atomic E-state index is 0.183. The Labute approximate surface area is 398 Å². The molecule has 4 aliphatic rings. The number of methoxy groups -OCH3 is 2. The molecule has 16 heteroatoms. The predicted molar refractivity (Wildman–Crippen MR) is 262 cm³/mol. The molecule has 2 atom stereocenters. The molecule has 8 heterocycles. The molecule has 2 fully saturated rings. The highest BCUT2D eigenvalue weighted by atomic mass is 16.5. The van der Waals surface area contributed by atoms with Gasteiger partial charge in [0.1, 0.15) is 23.1 Å². The number of hydrogen-bond donors (Lipinski definition) is 0. The van der Waals surface area contributed by atoms with Crippen LogP contribution in [0.25, 0.3) is 35.7 Å². The Morgan fingerprint density at radius 3 is 1.34 bits per heavy atom. The van der Waals surface area contributed by atoms with Gasteiger partial charge in [0.15, 0.2) is 11.6 Å². The number of hydrogen-bond acceptors (Lipinski definition) is 10. The Balaban J connectivity index is 0.000000170. The molecule has 2 amide bonds. The topological polar surface area (TPSA) is 156 Å². The lowest BCUT2D eigenvalue weighted by atomic mass is 9.80. The maximum absolute atomic E-state index is 11.7. The van der Waals surface area contributed by atoms with Gasteiger partial charge >= 0.3 is 0 Å². The van der Waals surface area contributed by atoms with E-state index in [4.69, 9.17) is 29.6 Å². The molecular weight excluding hydrogens is 857 g/mol. The Morgan fingerprint density at radius 2 is 0.985 bits per heavy atom. The summed E-state index contributed by atoms with van der Waals surface area (Å²) < 4.78 is 19.4. The van der Waals surface area contributed by atoms with Crippen LogP contribution in [-0.4, -0.2) is 111 Å². The maximum Gasteiger partial charge on any atom is 0.219 e. The highest BCUT2D eigenvalue weighted by molar-refractivity contribution is 5.74. The summed E-state index contributed by atoms with van der Waals surface area (Å²) in [4.78, 5) is 45.8. The normalized spacial score (nSPS) is 18.9. The van der Waals surface area contributed by atoms with Gasteiger partial charge in [0.05, 0.1) is 49.6 Å². The van der Waals surface area contributed by atoms with Crippen molar-refractivity contribution in [1.29, 1.82) is 0 Å². The number of aryl methyl sites for hydroxylation is 4. The number of benzene rings is 2. The van der Waals surface area contributed by atoms with Crippen molar-refractivity contribution in [1.82, 2.24) is 58.4 Å². The highest BCUT2D eigenvalue weighted by Gasteiger charge is 2.35. The first kappa shape index (κ1) is 46.3. The highest BCUT2D eigenvalue weighted by Crippen LogP contribution is 2.40. The quantitative estimate of drug-likeness (QED) is 0.131. The summed E-state index contributed by atoms with van der Waals surface area (Å²) >= 11 is 0. The molecule has 0 saturated carbocycles. The number of likely N-dealkylation sites (tertiary alicyclic amines) is 2. The summed E-state index contributed by atoms with van der Waals surface area (Å²) in [6, 6.07) is 12.2. The lowest BCUT2D eigenvalue weighted by molar-refractivity contribution is -0.131. The fraction of sp³-hybridized carbons (Fsp3) is 0.462. The molecule has 2 saturated heterocycles. The maximum atomic E-state index is 11.7. The smallest absolute Gasteiger partial charge is 0.219 e. The predicted octanol–water partition coefficient (Wildman–Crippen LogP) is 8.17. The van der Waals surface area contributed by atoms with Crippen molar-refractivity contribution in [2.45, 2.75) is 104 Å². The first-order chi connectivity index (χ1) is 33.0. The molecule has 356 valence electrons. The third-order valence-corrected chi connectivity index (χ3v) is 14.2. The molecule has 0 unspecified atom stereocenters. The third kappa shape index (κ3) is 10.3. The van der Waals surface area contributed by atoms with Gasteiger partial charge < -0.3 is 28.4 Å². The van der Waals surface area contributed by atoms with Crippen LogP contribution in [0.4, 0.5) is 0 Å². The van der Waals surface area contributed by atoms with Gasteiger partial charge in [-0.1, -0.05) is 24.3 Å². The van der Waals surface area contributed by atoms with Gasteiger partial charge in [-0.15, -0.1) is 0 Å². The van der Waals surface area contributed by atoms with Gasteiger partial charge in [0.2, 0.25) is 11.8 Å². The number of fused-ring (bicyclic) bond motifs is 2. The zero-order valence-corrected chi connectivity index (χ0v) is 40.3. The van der Waals surface area contributed by atoms with Crippen LogP contribution in [0.3, 0.4) is 0 Å². The van der Waals surface area contributed by atoms with Crippen LogP contribution < -0.4 is 9.47 Å². The molecule has 6 aromatic rings. The van der Waals surface area contributed by atoms with Crippen molar-refractivity contribution in [2.75, 3.05) is 40.4 Å². The molecule has 0 radical (unpaired) electrons. The molecule has 4 aliphatic heterocycles. The fourth-order valence-electron chi connectivity index (χ4n) is 10.5. The van der Waals surface area contributed by atoms with E-state index in [9.17, 15) is 9.59 Å². The summed E-state index contributed by atoms with van der Waals surface area (Å²) in [5.41, 5.74) is 5.88. The molecule has 10 rings (SSSR count). The summed E-state index contributed by atoms with van der Waals surface area (Å²) in [6.07, 6.45) is 24.3. The summed E-state index contributed by atoms with van der Waals surface area (Å²) in [6.45, 7) is 12.5. The number of carbonyl (C=O) groups excluding carboxylic acids is 2. The molecule has 2 aromatic carbocycles. The molecule has 0 bridgehead atoms. The molecule has 0 spiro atoms. The minimum Gasteiger partial charge on any atom is -0.495 e. The second kappa shape index (κ2) is 20.6. The van der Waals surface area contributed by atoms with E-state index in [0.717, 1.165) is 159 Å². The number of nitrogens with zero attached hydrogens (tertiary/aromatic N) is 12. The number of imidazole rings is 2.